The highest BCUT2D eigenvalue weighted by Gasteiger charge is 2.31. The fourth-order valence-electron chi connectivity index (χ4n) is 0.809. The number of halogens is 4. The Bertz CT molecular complexity index is 309. The summed E-state index contributed by atoms with van der Waals surface area (Å²) in [7, 11) is 0. The maximum absolute atomic E-state index is 11.8. The van der Waals surface area contributed by atoms with E-state index < -0.39 is 6.36 Å². The van der Waals surface area contributed by atoms with Crippen molar-refractivity contribution in [2.24, 2.45) is 0 Å². The predicted octanol–water partition coefficient (Wildman–Crippen LogP) is 3.66. The summed E-state index contributed by atoms with van der Waals surface area (Å²) in [6.07, 6.45) is -4.63. The first-order valence-electron chi connectivity index (χ1n) is 3.40. The minimum Gasteiger partial charge on any atom is -0.405 e. The van der Waals surface area contributed by atoms with Crippen molar-refractivity contribution in [3.63, 3.8) is 0 Å². The molecular formula is C8H6BrF3O. The molecule has 0 aromatic heterocycles. The quantitative estimate of drug-likeness (QED) is 0.744. The number of aryl methyl sites for hydroxylation is 1. The average Bonchev–Trinajstić information content (AvgIpc) is 1.94. The van der Waals surface area contributed by atoms with Gasteiger partial charge in [-0.15, -0.1) is 13.2 Å². The van der Waals surface area contributed by atoms with Gasteiger partial charge in [0.15, 0.2) is 0 Å². The predicted molar refractivity (Wildman–Crippen MR) is 45.6 cm³/mol. The summed E-state index contributed by atoms with van der Waals surface area (Å²) in [5.41, 5.74) is 0.445. The van der Waals surface area contributed by atoms with Gasteiger partial charge in [0, 0.05) is 4.47 Å². The van der Waals surface area contributed by atoms with Gasteiger partial charge in [-0.25, -0.2) is 0 Å². The summed E-state index contributed by atoms with van der Waals surface area (Å²) in [6, 6.07) is 4.48. The third kappa shape index (κ3) is 3.26. The molecule has 0 unspecified atom stereocenters. The molecule has 72 valence electrons. The maximum Gasteiger partial charge on any atom is 0.573 e. The molecule has 0 saturated heterocycles. The molecule has 1 aromatic carbocycles. The third-order valence-electron chi connectivity index (χ3n) is 1.38. The van der Waals surface area contributed by atoms with Crippen LogP contribution in [0.3, 0.4) is 0 Å². The van der Waals surface area contributed by atoms with Gasteiger partial charge < -0.3 is 4.74 Å². The van der Waals surface area contributed by atoms with Gasteiger partial charge in [0.2, 0.25) is 0 Å². The monoisotopic (exact) mass is 254 g/mol. The number of benzene rings is 1. The van der Waals surface area contributed by atoms with E-state index >= 15 is 0 Å². The molecule has 5 heteroatoms. The largest absolute Gasteiger partial charge is 0.573 e. The van der Waals surface area contributed by atoms with Crippen molar-refractivity contribution in [1.82, 2.24) is 0 Å². The van der Waals surface area contributed by atoms with E-state index in [9.17, 15) is 13.2 Å². The van der Waals surface area contributed by atoms with E-state index in [1.807, 2.05) is 0 Å². The lowest BCUT2D eigenvalue weighted by atomic mass is 10.2. The third-order valence-corrected chi connectivity index (χ3v) is 1.87. The normalized spacial score (nSPS) is 11.5. The number of hydrogen-bond donors (Lipinski definition) is 0. The highest BCUT2D eigenvalue weighted by atomic mass is 79.9. The fraction of sp³-hybridized carbons (Fsp3) is 0.250. The number of rotatable bonds is 1. The minimum absolute atomic E-state index is 0.179. The summed E-state index contributed by atoms with van der Waals surface area (Å²) >= 11 is 3.06. The summed E-state index contributed by atoms with van der Waals surface area (Å²) in [5.74, 6) is -0.179. The Morgan fingerprint density at radius 1 is 1.31 bits per heavy atom. The Morgan fingerprint density at radius 3 is 2.46 bits per heavy atom. The van der Waals surface area contributed by atoms with E-state index in [1.165, 1.54) is 6.07 Å². The molecule has 0 aliphatic rings. The number of alkyl halides is 3. The zero-order valence-electron chi connectivity index (χ0n) is 6.65. The second-order valence-electron chi connectivity index (χ2n) is 2.46. The van der Waals surface area contributed by atoms with Gasteiger partial charge in [0.25, 0.3) is 0 Å². The van der Waals surface area contributed by atoms with Crippen LogP contribution in [-0.4, -0.2) is 6.36 Å². The fourth-order valence-corrected chi connectivity index (χ4v) is 1.15. The van der Waals surface area contributed by atoms with Gasteiger partial charge in [-0.1, -0.05) is 22.0 Å². The second kappa shape index (κ2) is 3.57. The van der Waals surface area contributed by atoms with Crippen molar-refractivity contribution in [2.75, 3.05) is 0 Å². The van der Waals surface area contributed by atoms with Gasteiger partial charge in [-0.05, 0) is 24.6 Å². The first kappa shape index (κ1) is 10.4. The van der Waals surface area contributed by atoms with Gasteiger partial charge in [-0.3, -0.25) is 0 Å². The zero-order valence-corrected chi connectivity index (χ0v) is 8.24. The Balaban J connectivity index is 2.94. The van der Waals surface area contributed by atoms with Crippen molar-refractivity contribution in [1.29, 1.82) is 0 Å². The molecule has 0 fully saturated rings. The molecule has 0 amide bonds. The Hall–Kier alpha value is -0.710. The second-order valence-corrected chi connectivity index (χ2v) is 3.37. The Kier molecular flexibility index (Phi) is 2.85. The van der Waals surface area contributed by atoms with Crippen molar-refractivity contribution in [3.05, 3.63) is 28.2 Å². The van der Waals surface area contributed by atoms with Crippen LogP contribution in [0.4, 0.5) is 13.2 Å². The summed E-state index contributed by atoms with van der Waals surface area (Å²) in [6.45, 7) is 1.55. The molecule has 0 aliphatic carbocycles. The van der Waals surface area contributed by atoms with Crippen LogP contribution >= 0.6 is 15.9 Å². The summed E-state index contributed by atoms with van der Waals surface area (Å²) in [5, 5.41) is 0. The molecule has 0 radical (unpaired) electrons. The molecule has 0 saturated carbocycles. The molecule has 1 rings (SSSR count). The number of hydrogen-bond acceptors (Lipinski definition) is 1. The number of ether oxygens (including phenoxy) is 1. The van der Waals surface area contributed by atoms with Crippen LogP contribution in [0.5, 0.6) is 5.75 Å². The first-order chi connectivity index (χ1) is 5.88. The van der Waals surface area contributed by atoms with Gasteiger partial charge in [0.1, 0.15) is 5.75 Å². The minimum atomic E-state index is -4.63. The molecule has 0 atom stereocenters. The van der Waals surface area contributed by atoms with E-state index in [0.717, 1.165) is 0 Å². The van der Waals surface area contributed by atoms with Gasteiger partial charge in [-0.2, -0.15) is 0 Å². The Morgan fingerprint density at radius 2 is 1.92 bits per heavy atom. The highest BCUT2D eigenvalue weighted by molar-refractivity contribution is 9.10. The standard InChI is InChI=1S/C8H6BrF3O/c1-5-2-3-6(9)4-7(5)13-8(10,11)12/h2-4H,1H3. The van der Waals surface area contributed by atoms with E-state index in [-0.39, 0.29) is 5.75 Å². The lowest BCUT2D eigenvalue weighted by molar-refractivity contribution is -0.274. The van der Waals surface area contributed by atoms with Crippen molar-refractivity contribution < 1.29 is 17.9 Å². The van der Waals surface area contributed by atoms with Crippen LogP contribution in [0.25, 0.3) is 0 Å². The van der Waals surface area contributed by atoms with Crippen LogP contribution < -0.4 is 4.74 Å². The molecule has 0 bridgehead atoms. The lowest BCUT2D eigenvalue weighted by Gasteiger charge is -2.11. The molecule has 0 aliphatic heterocycles. The SMILES string of the molecule is Cc1ccc(Br)cc1OC(F)(F)F. The van der Waals surface area contributed by atoms with Crippen molar-refractivity contribution in [2.45, 2.75) is 13.3 Å². The topological polar surface area (TPSA) is 9.23 Å². The molecule has 0 N–H and O–H groups in total. The first-order valence-corrected chi connectivity index (χ1v) is 4.20. The van der Waals surface area contributed by atoms with Crippen molar-refractivity contribution >= 4 is 15.9 Å². The molecular weight excluding hydrogens is 249 g/mol. The van der Waals surface area contributed by atoms with Crippen LogP contribution in [0.2, 0.25) is 0 Å². The van der Waals surface area contributed by atoms with Crippen LogP contribution in [0.15, 0.2) is 22.7 Å². The van der Waals surface area contributed by atoms with Crippen LogP contribution in [-0.2, 0) is 0 Å². The van der Waals surface area contributed by atoms with E-state index in [1.54, 1.807) is 19.1 Å². The average molecular weight is 255 g/mol. The maximum atomic E-state index is 11.8. The van der Waals surface area contributed by atoms with Crippen LogP contribution in [0, 0.1) is 6.92 Å². The zero-order chi connectivity index (χ0) is 10.1. The Labute approximate surface area is 81.6 Å². The van der Waals surface area contributed by atoms with Gasteiger partial charge >= 0.3 is 6.36 Å². The van der Waals surface area contributed by atoms with E-state index in [2.05, 4.69) is 20.7 Å². The molecule has 13 heavy (non-hydrogen) atoms. The molecule has 0 spiro atoms. The van der Waals surface area contributed by atoms with E-state index in [4.69, 9.17) is 0 Å². The van der Waals surface area contributed by atoms with Gasteiger partial charge in [0.05, 0.1) is 0 Å². The van der Waals surface area contributed by atoms with Crippen LogP contribution in [0.1, 0.15) is 5.56 Å². The molecule has 1 nitrogen and oxygen atoms in total. The highest BCUT2D eigenvalue weighted by Crippen LogP contribution is 2.28. The summed E-state index contributed by atoms with van der Waals surface area (Å²) < 4.78 is 39.8. The lowest BCUT2D eigenvalue weighted by Crippen LogP contribution is -2.17. The summed E-state index contributed by atoms with van der Waals surface area (Å²) in [4.78, 5) is 0. The van der Waals surface area contributed by atoms with Crippen molar-refractivity contribution in [3.8, 4) is 5.75 Å². The molecule has 1 aromatic rings. The molecule has 0 heterocycles. The van der Waals surface area contributed by atoms with E-state index in [0.29, 0.717) is 10.0 Å². The smallest absolute Gasteiger partial charge is 0.405 e.